The Morgan fingerprint density at radius 3 is 2.77 bits per heavy atom. The van der Waals surface area contributed by atoms with Crippen LogP contribution in [0.5, 0.6) is 0 Å². The molecule has 0 saturated carbocycles. The number of thiocarbonyl (C=S) groups is 1. The van der Waals surface area contributed by atoms with Crippen molar-refractivity contribution in [3.63, 3.8) is 0 Å². The number of nitro groups is 1. The van der Waals surface area contributed by atoms with Gasteiger partial charge in [0.15, 0.2) is 5.11 Å². The Labute approximate surface area is 153 Å². The molecule has 2 heterocycles. The highest BCUT2D eigenvalue weighted by atomic mass is 32.1. The van der Waals surface area contributed by atoms with E-state index in [0.29, 0.717) is 17.9 Å². The van der Waals surface area contributed by atoms with E-state index in [2.05, 4.69) is 5.32 Å². The van der Waals surface area contributed by atoms with Crippen molar-refractivity contribution >= 4 is 40.9 Å². The van der Waals surface area contributed by atoms with Gasteiger partial charge in [-0.25, -0.2) is 0 Å². The molecule has 1 aliphatic heterocycles. The largest absolute Gasteiger partial charge is 0.457 e. The second-order valence-electron chi connectivity index (χ2n) is 5.38. The Kier molecular flexibility index (Phi) is 4.63. The second-order valence-corrected chi connectivity index (χ2v) is 5.76. The molecule has 3 rings (SSSR count). The van der Waals surface area contributed by atoms with Crippen LogP contribution in [0.25, 0.3) is 17.4 Å². The number of hydrogen-bond acceptors (Lipinski definition) is 6. The van der Waals surface area contributed by atoms with Gasteiger partial charge in [0.25, 0.3) is 17.5 Å². The number of rotatable bonds is 4. The quantitative estimate of drug-likeness (QED) is 0.291. The summed E-state index contributed by atoms with van der Waals surface area (Å²) in [5.41, 5.74) is 0.354. The molecule has 1 aliphatic rings. The average Bonchev–Trinajstić information content (AvgIpc) is 3.07. The molecule has 1 N–H and O–H groups in total. The Bertz CT molecular complexity index is 963. The third-order valence-electron chi connectivity index (χ3n) is 3.76. The number of carbonyl (C=O) groups excluding carboxylic acids is 2. The lowest BCUT2D eigenvalue weighted by atomic mass is 10.1. The molecule has 0 unspecified atom stereocenters. The van der Waals surface area contributed by atoms with Crippen LogP contribution in [0.4, 0.5) is 5.69 Å². The Hall–Kier alpha value is -3.33. The minimum Gasteiger partial charge on any atom is -0.457 e. The van der Waals surface area contributed by atoms with E-state index in [9.17, 15) is 19.7 Å². The molecular formula is C17H13N3O5S. The van der Waals surface area contributed by atoms with Crippen LogP contribution >= 0.6 is 12.2 Å². The summed E-state index contributed by atoms with van der Waals surface area (Å²) in [6, 6.07) is 9.16. The number of furan rings is 1. The Morgan fingerprint density at radius 2 is 2.08 bits per heavy atom. The maximum absolute atomic E-state index is 12.4. The first-order valence-corrected chi connectivity index (χ1v) is 8.05. The lowest BCUT2D eigenvalue weighted by Gasteiger charge is -2.27. The van der Waals surface area contributed by atoms with Crippen LogP contribution in [0.2, 0.25) is 0 Å². The summed E-state index contributed by atoms with van der Waals surface area (Å²) in [6.07, 6.45) is 1.32. The van der Waals surface area contributed by atoms with Crippen LogP contribution in [0.15, 0.2) is 46.4 Å². The number of hydrogen-bond donors (Lipinski definition) is 1. The first kappa shape index (κ1) is 17.5. The lowest BCUT2D eigenvalue weighted by molar-refractivity contribution is -0.384. The minimum atomic E-state index is -0.599. The van der Waals surface area contributed by atoms with E-state index in [1.807, 2.05) is 0 Å². The normalized spacial score (nSPS) is 16.1. The Balaban J connectivity index is 1.92. The summed E-state index contributed by atoms with van der Waals surface area (Å²) < 4.78 is 5.62. The molecule has 0 atom stereocenters. The van der Waals surface area contributed by atoms with Crippen molar-refractivity contribution < 1.29 is 18.9 Å². The third-order valence-corrected chi connectivity index (χ3v) is 4.08. The molecule has 0 bridgehead atoms. The first-order chi connectivity index (χ1) is 12.4. The van der Waals surface area contributed by atoms with Gasteiger partial charge in [-0.1, -0.05) is 12.1 Å². The zero-order valence-corrected chi connectivity index (χ0v) is 14.4. The van der Waals surface area contributed by atoms with Crippen molar-refractivity contribution in [3.05, 3.63) is 57.8 Å². The number of nitro benzene ring substituents is 1. The topological polar surface area (TPSA) is 106 Å². The molecule has 2 amide bonds. The number of nitrogens with one attached hydrogen (secondary N) is 1. The zero-order valence-electron chi connectivity index (χ0n) is 13.6. The maximum atomic E-state index is 12.4. The van der Waals surface area contributed by atoms with Crippen LogP contribution < -0.4 is 5.32 Å². The summed E-state index contributed by atoms with van der Waals surface area (Å²) in [5, 5.41) is 13.4. The number of likely N-dealkylation sites (N-methyl/N-ethyl adjacent to an activating group) is 1. The van der Waals surface area contributed by atoms with Crippen LogP contribution in [0, 0.1) is 10.1 Å². The number of non-ortho nitro benzene ring substituents is 1. The molecule has 26 heavy (non-hydrogen) atoms. The highest BCUT2D eigenvalue weighted by Crippen LogP contribution is 2.27. The molecule has 2 aromatic rings. The summed E-state index contributed by atoms with van der Waals surface area (Å²) in [6.45, 7) is 2.07. The van der Waals surface area contributed by atoms with Crippen molar-refractivity contribution in [1.82, 2.24) is 10.2 Å². The number of benzene rings is 1. The van der Waals surface area contributed by atoms with Gasteiger partial charge in [-0.15, -0.1) is 0 Å². The highest BCUT2D eigenvalue weighted by Gasteiger charge is 2.32. The molecule has 9 heteroatoms. The van der Waals surface area contributed by atoms with Gasteiger partial charge in [0.1, 0.15) is 17.1 Å². The van der Waals surface area contributed by atoms with Crippen LogP contribution in [0.1, 0.15) is 12.7 Å². The van der Waals surface area contributed by atoms with Gasteiger partial charge in [-0.2, -0.15) is 0 Å². The van der Waals surface area contributed by atoms with Gasteiger partial charge in [0.05, 0.1) is 4.92 Å². The van der Waals surface area contributed by atoms with Crippen molar-refractivity contribution in [1.29, 1.82) is 0 Å². The SMILES string of the molecule is CCN1C(=O)/C(=C/c2ccc(-c3cccc([N+](=O)[O-])c3)o2)C(=O)NC1=S. The Morgan fingerprint density at radius 1 is 1.31 bits per heavy atom. The van der Waals surface area contributed by atoms with Gasteiger partial charge in [-0.05, 0) is 37.4 Å². The van der Waals surface area contributed by atoms with E-state index in [-0.39, 0.29) is 22.1 Å². The molecule has 8 nitrogen and oxygen atoms in total. The van der Waals surface area contributed by atoms with Gasteiger partial charge >= 0.3 is 0 Å². The van der Waals surface area contributed by atoms with Crippen molar-refractivity contribution in [2.45, 2.75) is 6.92 Å². The predicted molar refractivity (Wildman–Crippen MR) is 96.9 cm³/mol. The summed E-state index contributed by atoms with van der Waals surface area (Å²) in [5.74, 6) is -0.450. The van der Waals surface area contributed by atoms with Crippen molar-refractivity contribution in [2.24, 2.45) is 0 Å². The molecule has 132 valence electrons. The maximum Gasteiger partial charge on any atom is 0.270 e. The smallest absolute Gasteiger partial charge is 0.270 e. The molecule has 0 aliphatic carbocycles. The predicted octanol–water partition coefficient (Wildman–Crippen LogP) is 2.50. The van der Waals surface area contributed by atoms with E-state index in [0.717, 1.165) is 0 Å². The molecule has 1 saturated heterocycles. The number of nitrogens with zero attached hydrogens (tertiary/aromatic N) is 2. The molecule has 0 radical (unpaired) electrons. The molecular weight excluding hydrogens is 358 g/mol. The lowest BCUT2D eigenvalue weighted by Crippen LogP contribution is -2.53. The van der Waals surface area contributed by atoms with E-state index in [1.54, 1.807) is 31.2 Å². The fraction of sp³-hybridized carbons (Fsp3) is 0.118. The summed E-state index contributed by atoms with van der Waals surface area (Å²) in [4.78, 5) is 36.1. The number of carbonyl (C=O) groups is 2. The van der Waals surface area contributed by atoms with Crippen molar-refractivity contribution in [2.75, 3.05) is 6.54 Å². The third kappa shape index (κ3) is 3.24. The molecule has 1 aromatic carbocycles. The van der Waals surface area contributed by atoms with Gasteiger partial charge < -0.3 is 4.42 Å². The molecule has 1 aromatic heterocycles. The summed E-state index contributed by atoms with van der Waals surface area (Å²) >= 11 is 4.97. The molecule has 0 spiro atoms. The second kappa shape index (κ2) is 6.89. The standard InChI is InChI=1S/C17H13N3O5S/c1-2-19-16(22)13(15(21)18-17(19)26)9-12-6-7-14(25-12)10-4-3-5-11(8-10)20(23)24/h3-9H,2H2,1H3,(H,18,21,26)/b13-9+. The van der Waals surface area contributed by atoms with Crippen LogP contribution in [-0.4, -0.2) is 33.3 Å². The highest BCUT2D eigenvalue weighted by molar-refractivity contribution is 7.80. The fourth-order valence-corrected chi connectivity index (χ4v) is 2.79. The van der Waals surface area contributed by atoms with Gasteiger partial charge in [0, 0.05) is 24.2 Å². The summed E-state index contributed by atoms with van der Waals surface area (Å²) in [7, 11) is 0. The van der Waals surface area contributed by atoms with Crippen LogP contribution in [-0.2, 0) is 9.59 Å². The zero-order chi connectivity index (χ0) is 18.8. The fourth-order valence-electron chi connectivity index (χ4n) is 2.48. The van der Waals surface area contributed by atoms with Gasteiger partial charge in [-0.3, -0.25) is 29.9 Å². The van der Waals surface area contributed by atoms with E-state index in [1.165, 1.54) is 23.1 Å². The average molecular weight is 371 g/mol. The molecule has 1 fully saturated rings. The number of amides is 2. The first-order valence-electron chi connectivity index (χ1n) is 7.64. The van der Waals surface area contributed by atoms with E-state index >= 15 is 0 Å². The van der Waals surface area contributed by atoms with E-state index < -0.39 is 16.7 Å². The van der Waals surface area contributed by atoms with Crippen LogP contribution in [0.3, 0.4) is 0 Å². The minimum absolute atomic E-state index is 0.0623. The van der Waals surface area contributed by atoms with Crippen molar-refractivity contribution in [3.8, 4) is 11.3 Å². The van der Waals surface area contributed by atoms with Gasteiger partial charge in [0.2, 0.25) is 0 Å². The van der Waals surface area contributed by atoms with E-state index in [4.69, 9.17) is 16.6 Å². The monoisotopic (exact) mass is 371 g/mol.